The van der Waals surface area contributed by atoms with Gasteiger partial charge in [-0.3, -0.25) is 24.0 Å². The highest BCUT2D eigenvalue weighted by molar-refractivity contribution is 7.80. The number of rotatable bonds is 12. The van der Waals surface area contributed by atoms with E-state index in [0.29, 0.717) is 12.2 Å². The van der Waals surface area contributed by atoms with Crippen molar-refractivity contribution in [3.8, 4) is 0 Å². The molecule has 0 fully saturated rings. The summed E-state index contributed by atoms with van der Waals surface area (Å²) in [5, 5.41) is 29.5. The second-order valence-electron chi connectivity index (χ2n) is 5.35. The van der Waals surface area contributed by atoms with E-state index in [0.717, 1.165) is 0 Å². The Bertz CT molecular complexity index is 549. The van der Waals surface area contributed by atoms with Crippen LogP contribution in [0, 0.1) is 0 Å². The van der Waals surface area contributed by atoms with Crippen LogP contribution in [0.1, 0.15) is 19.3 Å². The molecule has 2 amide bonds. The first-order valence-corrected chi connectivity index (χ1v) is 9.20. The lowest BCUT2D eigenvalue weighted by molar-refractivity contribution is -0.139. The first-order chi connectivity index (χ1) is 13.0. The van der Waals surface area contributed by atoms with E-state index in [9.17, 15) is 24.0 Å². The molecular weight excluding hydrogens is 416 g/mol. The van der Waals surface area contributed by atoms with Gasteiger partial charge in [-0.1, -0.05) is 0 Å². The molecule has 0 aromatic carbocycles. The van der Waals surface area contributed by atoms with Gasteiger partial charge in [0.25, 0.3) is 0 Å². The number of amides is 2. The molecule has 0 spiro atoms. The molecule has 0 aromatic rings. The van der Waals surface area contributed by atoms with E-state index in [1.807, 2.05) is 0 Å². The molecule has 0 saturated carbocycles. The minimum atomic E-state index is -1.22. The van der Waals surface area contributed by atoms with Crippen molar-refractivity contribution in [3.05, 3.63) is 0 Å². The molecule has 0 heterocycles. The zero-order chi connectivity index (χ0) is 22.3. The minimum absolute atomic E-state index is 0.0256. The van der Waals surface area contributed by atoms with E-state index in [2.05, 4.69) is 35.9 Å². The topological polar surface area (TPSA) is 222 Å². The van der Waals surface area contributed by atoms with Gasteiger partial charge in [0.2, 0.25) is 11.8 Å². The fraction of sp³-hybridized carbons (Fsp3) is 0.643. The summed E-state index contributed by atoms with van der Waals surface area (Å²) in [5.74, 6) is -4.14. The van der Waals surface area contributed by atoms with Crippen LogP contribution in [-0.4, -0.2) is 81.2 Å². The summed E-state index contributed by atoms with van der Waals surface area (Å²) in [6, 6.07) is -2.89. The lowest BCUT2D eigenvalue weighted by Crippen LogP contribution is -2.49. The number of carboxylic acid groups (broad SMARTS) is 3. The number of aliphatic carboxylic acids is 3. The van der Waals surface area contributed by atoms with Crippen LogP contribution in [0.5, 0.6) is 0 Å². The molecule has 0 rings (SSSR count). The second-order valence-corrected chi connectivity index (χ2v) is 6.17. The SMILES string of the molecule is NC(CCC(=O)NC(CS)C(=O)NCC(=O)O)C(=O)O.NC(CCS)C(=O)O. The molecular formula is C14H26N4O8S2. The van der Waals surface area contributed by atoms with E-state index in [1.165, 1.54) is 0 Å². The molecule has 0 aliphatic rings. The highest BCUT2D eigenvalue weighted by Gasteiger charge is 2.20. The van der Waals surface area contributed by atoms with Crippen LogP contribution in [0.25, 0.3) is 0 Å². The molecule has 0 radical (unpaired) electrons. The Morgan fingerprint density at radius 1 is 0.893 bits per heavy atom. The molecule has 3 atom stereocenters. The van der Waals surface area contributed by atoms with Crippen molar-refractivity contribution in [2.75, 3.05) is 18.1 Å². The number of carbonyl (C=O) groups is 5. The third kappa shape index (κ3) is 15.1. The summed E-state index contributed by atoms with van der Waals surface area (Å²) in [7, 11) is 0. The zero-order valence-corrected chi connectivity index (χ0v) is 16.7. The maximum atomic E-state index is 11.5. The van der Waals surface area contributed by atoms with Crippen LogP contribution in [-0.2, 0) is 24.0 Å². The standard InChI is InChI=1S/C10H17N3O6S.C4H9NO2S/c11-5(10(18)19)1-2-7(14)13-6(4-20)9(17)12-3-8(15)16;5-3(1-2-8)4(6)7/h5-6,20H,1-4,11H2,(H,12,17)(H,13,14)(H,15,16)(H,18,19);3,8H,1-2,5H2,(H,6,7). The maximum absolute atomic E-state index is 11.5. The summed E-state index contributed by atoms with van der Waals surface area (Å²) in [6.45, 7) is -0.567. The van der Waals surface area contributed by atoms with Crippen molar-refractivity contribution in [1.29, 1.82) is 0 Å². The summed E-state index contributed by atoms with van der Waals surface area (Å²) < 4.78 is 0. The molecule has 3 unspecified atom stereocenters. The van der Waals surface area contributed by atoms with Crippen molar-refractivity contribution in [3.63, 3.8) is 0 Å². The van der Waals surface area contributed by atoms with Crippen molar-refractivity contribution in [2.45, 2.75) is 37.4 Å². The first-order valence-electron chi connectivity index (χ1n) is 7.93. The molecule has 0 aromatic heterocycles. The summed E-state index contributed by atoms with van der Waals surface area (Å²) >= 11 is 7.68. The summed E-state index contributed by atoms with van der Waals surface area (Å²) in [6.07, 6.45) is 0.194. The summed E-state index contributed by atoms with van der Waals surface area (Å²) in [4.78, 5) is 53.7. The fourth-order valence-corrected chi connectivity index (χ4v) is 1.95. The third-order valence-corrected chi connectivity index (χ3v) is 3.63. The Kier molecular flexibility index (Phi) is 16.1. The first kappa shape index (κ1) is 28.2. The molecule has 12 nitrogen and oxygen atoms in total. The van der Waals surface area contributed by atoms with Gasteiger partial charge >= 0.3 is 17.9 Å². The number of nitrogens with one attached hydrogen (secondary N) is 2. The molecule has 0 saturated heterocycles. The second kappa shape index (κ2) is 16.0. The van der Waals surface area contributed by atoms with Gasteiger partial charge in [-0.05, 0) is 18.6 Å². The van der Waals surface area contributed by atoms with Crippen LogP contribution in [0.15, 0.2) is 0 Å². The fourth-order valence-electron chi connectivity index (χ4n) is 1.42. The smallest absolute Gasteiger partial charge is 0.322 e. The maximum Gasteiger partial charge on any atom is 0.322 e. The van der Waals surface area contributed by atoms with E-state index < -0.39 is 54.4 Å². The van der Waals surface area contributed by atoms with Crippen molar-refractivity contribution in [2.24, 2.45) is 11.5 Å². The number of carboxylic acids is 3. The van der Waals surface area contributed by atoms with Crippen molar-refractivity contribution in [1.82, 2.24) is 10.6 Å². The monoisotopic (exact) mass is 442 g/mol. The average Bonchev–Trinajstić information content (AvgIpc) is 2.62. The highest BCUT2D eigenvalue weighted by Crippen LogP contribution is 1.97. The molecule has 9 N–H and O–H groups in total. The van der Waals surface area contributed by atoms with Crippen molar-refractivity contribution >= 4 is 55.0 Å². The molecule has 0 aliphatic carbocycles. The van der Waals surface area contributed by atoms with Crippen molar-refractivity contribution < 1.29 is 39.3 Å². The highest BCUT2D eigenvalue weighted by atomic mass is 32.1. The van der Waals surface area contributed by atoms with E-state index in [-0.39, 0.29) is 18.6 Å². The van der Waals surface area contributed by atoms with E-state index in [4.69, 9.17) is 26.8 Å². The van der Waals surface area contributed by atoms with Gasteiger partial charge in [0, 0.05) is 12.2 Å². The molecule has 162 valence electrons. The molecule has 28 heavy (non-hydrogen) atoms. The normalized spacial score (nSPS) is 13.1. The summed E-state index contributed by atoms with van der Waals surface area (Å²) in [5.41, 5.74) is 10.3. The van der Waals surface area contributed by atoms with Gasteiger partial charge in [-0.2, -0.15) is 25.3 Å². The minimum Gasteiger partial charge on any atom is -0.480 e. The Hall–Kier alpha value is -2.03. The quantitative estimate of drug-likeness (QED) is 0.145. The van der Waals surface area contributed by atoms with E-state index in [1.54, 1.807) is 0 Å². The predicted molar refractivity (Wildman–Crippen MR) is 105 cm³/mol. The number of hydrogen-bond acceptors (Lipinski definition) is 9. The van der Waals surface area contributed by atoms with Crippen LogP contribution < -0.4 is 22.1 Å². The molecule has 0 aliphatic heterocycles. The Morgan fingerprint density at radius 2 is 1.39 bits per heavy atom. The predicted octanol–water partition coefficient (Wildman–Crippen LogP) is -2.49. The van der Waals surface area contributed by atoms with Crippen LogP contribution >= 0.6 is 25.3 Å². The van der Waals surface area contributed by atoms with Crippen LogP contribution in [0.4, 0.5) is 0 Å². The van der Waals surface area contributed by atoms with E-state index >= 15 is 0 Å². The Labute approximate surface area is 172 Å². The number of hydrogen-bond donors (Lipinski definition) is 9. The number of nitrogens with two attached hydrogens (primary N) is 2. The van der Waals surface area contributed by atoms with Gasteiger partial charge in [0.05, 0.1) is 0 Å². The van der Waals surface area contributed by atoms with Gasteiger partial charge in [0.15, 0.2) is 0 Å². The van der Waals surface area contributed by atoms with Crippen LogP contribution in [0.2, 0.25) is 0 Å². The molecule has 0 bridgehead atoms. The Balaban J connectivity index is 0. The van der Waals surface area contributed by atoms with Gasteiger partial charge in [-0.15, -0.1) is 0 Å². The average molecular weight is 443 g/mol. The van der Waals surface area contributed by atoms with Gasteiger partial charge in [0.1, 0.15) is 24.7 Å². The Morgan fingerprint density at radius 3 is 1.75 bits per heavy atom. The van der Waals surface area contributed by atoms with Crippen LogP contribution in [0.3, 0.4) is 0 Å². The largest absolute Gasteiger partial charge is 0.480 e. The van der Waals surface area contributed by atoms with Gasteiger partial charge < -0.3 is 37.4 Å². The third-order valence-electron chi connectivity index (χ3n) is 3.01. The zero-order valence-electron chi connectivity index (χ0n) is 14.9. The lowest BCUT2D eigenvalue weighted by Gasteiger charge is -2.16. The number of thiol groups is 2. The molecule has 14 heteroatoms. The lowest BCUT2D eigenvalue weighted by atomic mass is 10.1. The van der Waals surface area contributed by atoms with Gasteiger partial charge in [-0.25, -0.2) is 0 Å². The number of carbonyl (C=O) groups excluding carboxylic acids is 2.